The number of thioether (sulfide) groups is 1. The fraction of sp³-hybridized carbons (Fsp3) is 0.222. The molecule has 0 aliphatic heterocycles. The van der Waals surface area contributed by atoms with E-state index in [9.17, 15) is 0 Å². The number of hydrogen-bond acceptors (Lipinski definition) is 3. The molecule has 1 aromatic rings. The van der Waals surface area contributed by atoms with Crippen LogP contribution in [-0.4, -0.2) is 5.37 Å². The molecule has 1 atom stereocenters. The highest BCUT2D eigenvalue weighted by molar-refractivity contribution is 7.99. The molecule has 3 heteroatoms. The molecule has 1 unspecified atom stereocenters. The summed E-state index contributed by atoms with van der Waals surface area (Å²) in [6.07, 6.45) is 0. The predicted molar refractivity (Wildman–Crippen MR) is 51.3 cm³/mol. The molecule has 0 saturated heterocycles. The van der Waals surface area contributed by atoms with Gasteiger partial charge in [0, 0.05) is 5.75 Å². The highest BCUT2D eigenvalue weighted by Crippen LogP contribution is 2.13. The molecule has 2 N–H and O–H groups in total. The zero-order chi connectivity index (χ0) is 8.81. The van der Waals surface area contributed by atoms with Gasteiger partial charge in [-0.05, 0) is 5.56 Å². The molecule has 0 spiro atoms. The third-order valence-electron chi connectivity index (χ3n) is 1.40. The summed E-state index contributed by atoms with van der Waals surface area (Å²) >= 11 is 1.45. The SMILES string of the molecule is N#CC(N)SCc1ccccc1. The van der Waals surface area contributed by atoms with Gasteiger partial charge in [-0.1, -0.05) is 30.3 Å². The van der Waals surface area contributed by atoms with Crippen molar-refractivity contribution in [2.75, 3.05) is 0 Å². The van der Waals surface area contributed by atoms with Gasteiger partial charge in [-0.15, -0.1) is 11.8 Å². The van der Waals surface area contributed by atoms with E-state index in [2.05, 4.69) is 0 Å². The maximum absolute atomic E-state index is 8.42. The lowest BCUT2D eigenvalue weighted by atomic mass is 10.2. The van der Waals surface area contributed by atoms with Crippen LogP contribution in [-0.2, 0) is 5.75 Å². The normalized spacial score (nSPS) is 12.0. The van der Waals surface area contributed by atoms with Crippen LogP contribution in [0.5, 0.6) is 0 Å². The average molecular weight is 178 g/mol. The van der Waals surface area contributed by atoms with Crippen molar-refractivity contribution in [3.63, 3.8) is 0 Å². The Hall–Kier alpha value is -0.980. The van der Waals surface area contributed by atoms with Crippen LogP contribution >= 0.6 is 11.8 Å². The van der Waals surface area contributed by atoms with E-state index in [1.807, 2.05) is 36.4 Å². The van der Waals surface area contributed by atoms with Gasteiger partial charge in [0.25, 0.3) is 0 Å². The van der Waals surface area contributed by atoms with Crippen LogP contribution in [0.4, 0.5) is 0 Å². The quantitative estimate of drug-likeness (QED) is 0.717. The summed E-state index contributed by atoms with van der Waals surface area (Å²) in [5, 5.41) is 8.01. The van der Waals surface area contributed by atoms with Gasteiger partial charge in [0.1, 0.15) is 5.37 Å². The molecular weight excluding hydrogens is 168 g/mol. The highest BCUT2D eigenvalue weighted by Gasteiger charge is 1.99. The molecule has 0 saturated carbocycles. The van der Waals surface area contributed by atoms with E-state index in [-0.39, 0.29) is 0 Å². The molecule has 12 heavy (non-hydrogen) atoms. The minimum atomic E-state index is -0.412. The lowest BCUT2D eigenvalue weighted by Crippen LogP contribution is -2.11. The van der Waals surface area contributed by atoms with E-state index < -0.39 is 5.37 Å². The third-order valence-corrected chi connectivity index (χ3v) is 2.36. The molecule has 1 aromatic carbocycles. The summed E-state index contributed by atoms with van der Waals surface area (Å²) in [5.41, 5.74) is 6.62. The molecule has 0 aliphatic carbocycles. The summed E-state index contributed by atoms with van der Waals surface area (Å²) in [6.45, 7) is 0. The van der Waals surface area contributed by atoms with Gasteiger partial charge in [0.15, 0.2) is 0 Å². The molecule has 2 nitrogen and oxygen atoms in total. The molecule has 1 rings (SSSR count). The van der Waals surface area contributed by atoms with Crippen molar-refractivity contribution in [2.24, 2.45) is 5.73 Å². The maximum Gasteiger partial charge on any atom is 0.140 e. The summed E-state index contributed by atoms with van der Waals surface area (Å²) in [6, 6.07) is 12.0. The summed E-state index contributed by atoms with van der Waals surface area (Å²) in [7, 11) is 0. The van der Waals surface area contributed by atoms with E-state index >= 15 is 0 Å². The minimum Gasteiger partial charge on any atom is -0.307 e. The Balaban J connectivity index is 2.40. The number of rotatable bonds is 3. The van der Waals surface area contributed by atoms with Crippen LogP contribution in [0.1, 0.15) is 5.56 Å². The zero-order valence-electron chi connectivity index (χ0n) is 6.60. The highest BCUT2D eigenvalue weighted by atomic mass is 32.2. The molecule has 62 valence electrons. The second-order valence-corrected chi connectivity index (χ2v) is 3.48. The number of nitrogens with zero attached hydrogens (tertiary/aromatic N) is 1. The van der Waals surface area contributed by atoms with E-state index in [0.29, 0.717) is 0 Å². The lowest BCUT2D eigenvalue weighted by molar-refractivity contribution is 1.16. The Morgan fingerprint density at radius 1 is 1.42 bits per heavy atom. The maximum atomic E-state index is 8.42. The van der Waals surface area contributed by atoms with E-state index in [4.69, 9.17) is 11.0 Å². The first kappa shape index (κ1) is 9.11. The van der Waals surface area contributed by atoms with Crippen molar-refractivity contribution in [1.29, 1.82) is 5.26 Å². The number of benzene rings is 1. The molecule has 0 aromatic heterocycles. The molecule has 0 amide bonds. The summed E-state index contributed by atoms with van der Waals surface area (Å²) < 4.78 is 0. The van der Waals surface area contributed by atoms with Gasteiger partial charge in [-0.2, -0.15) is 5.26 Å². The van der Waals surface area contributed by atoms with Crippen LogP contribution in [0.25, 0.3) is 0 Å². The van der Waals surface area contributed by atoms with Crippen molar-refractivity contribution in [1.82, 2.24) is 0 Å². The van der Waals surface area contributed by atoms with Gasteiger partial charge in [0.05, 0.1) is 6.07 Å². The fourth-order valence-corrected chi connectivity index (χ4v) is 1.44. The lowest BCUT2D eigenvalue weighted by Gasteiger charge is -2.01. The Morgan fingerprint density at radius 3 is 2.67 bits per heavy atom. The molecule has 0 bridgehead atoms. The number of hydrogen-bond donors (Lipinski definition) is 1. The predicted octanol–water partition coefficient (Wildman–Crippen LogP) is 1.73. The van der Waals surface area contributed by atoms with Crippen LogP contribution < -0.4 is 5.73 Å². The topological polar surface area (TPSA) is 49.8 Å². The number of nitriles is 1. The Bertz CT molecular complexity index is 266. The molecule has 0 heterocycles. The first-order chi connectivity index (χ1) is 5.83. The number of nitrogens with two attached hydrogens (primary N) is 1. The van der Waals surface area contributed by atoms with Crippen LogP contribution in [0.2, 0.25) is 0 Å². The van der Waals surface area contributed by atoms with Crippen molar-refractivity contribution in [2.45, 2.75) is 11.1 Å². The second kappa shape index (κ2) is 4.81. The Labute approximate surface area is 76.4 Å². The van der Waals surface area contributed by atoms with Crippen molar-refractivity contribution < 1.29 is 0 Å². The van der Waals surface area contributed by atoms with Gasteiger partial charge in [-0.25, -0.2) is 0 Å². The van der Waals surface area contributed by atoms with Crippen molar-refractivity contribution >= 4 is 11.8 Å². The molecular formula is C9H10N2S. The van der Waals surface area contributed by atoms with Gasteiger partial charge >= 0.3 is 0 Å². The second-order valence-electron chi connectivity index (χ2n) is 2.35. The summed E-state index contributed by atoms with van der Waals surface area (Å²) in [4.78, 5) is 0. The average Bonchev–Trinajstić information content (AvgIpc) is 2.16. The molecule has 0 fully saturated rings. The van der Waals surface area contributed by atoms with E-state index in [1.165, 1.54) is 17.3 Å². The molecule has 0 aliphatic rings. The van der Waals surface area contributed by atoms with Crippen LogP contribution in [0.15, 0.2) is 30.3 Å². The monoisotopic (exact) mass is 178 g/mol. The fourth-order valence-electron chi connectivity index (χ4n) is 0.798. The van der Waals surface area contributed by atoms with Crippen LogP contribution in [0, 0.1) is 11.3 Å². The van der Waals surface area contributed by atoms with Gasteiger partial charge in [-0.3, -0.25) is 0 Å². The third kappa shape index (κ3) is 2.95. The van der Waals surface area contributed by atoms with Crippen LogP contribution in [0.3, 0.4) is 0 Å². The first-order valence-corrected chi connectivity index (χ1v) is 4.68. The van der Waals surface area contributed by atoms with Gasteiger partial charge in [0.2, 0.25) is 0 Å². The van der Waals surface area contributed by atoms with Gasteiger partial charge < -0.3 is 5.73 Å². The minimum absolute atomic E-state index is 0.412. The largest absolute Gasteiger partial charge is 0.307 e. The van der Waals surface area contributed by atoms with Crippen molar-refractivity contribution in [3.8, 4) is 6.07 Å². The Kier molecular flexibility index (Phi) is 3.65. The van der Waals surface area contributed by atoms with E-state index in [0.717, 1.165) is 5.75 Å². The van der Waals surface area contributed by atoms with Crippen molar-refractivity contribution in [3.05, 3.63) is 35.9 Å². The zero-order valence-corrected chi connectivity index (χ0v) is 7.42. The standard InChI is InChI=1S/C9H10N2S/c10-6-9(11)12-7-8-4-2-1-3-5-8/h1-5,9H,7,11H2. The van der Waals surface area contributed by atoms with E-state index in [1.54, 1.807) is 0 Å². The summed E-state index contributed by atoms with van der Waals surface area (Å²) in [5.74, 6) is 0.801. The molecule has 0 radical (unpaired) electrons. The smallest absolute Gasteiger partial charge is 0.140 e. The Morgan fingerprint density at radius 2 is 2.08 bits per heavy atom. The first-order valence-electron chi connectivity index (χ1n) is 3.63.